The monoisotopic (exact) mass is 168 g/mol. The SMILES string of the molecule is C=C(C=O)OC(=O)C1CCCC1. The van der Waals surface area contributed by atoms with Crippen LogP contribution in [0.2, 0.25) is 0 Å². The van der Waals surface area contributed by atoms with E-state index in [9.17, 15) is 9.59 Å². The molecule has 0 radical (unpaired) electrons. The number of ether oxygens (including phenoxy) is 1. The lowest BCUT2D eigenvalue weighted by Crippen LogP contribution is -2.14. The Labute approximate surface area is 71.4 Å². The van der Waals surface area contributed by atoms with Gasteiger partial charge in [0.05, 0.1) is 5.92 Å². The first-order valence-corrected chi connectivity index (χ1v) is 4.10. The van der Waals surface area contributed by atoms with E-state index in [2.05, 4.69) is 11.3 Å². The number of allylic oxidation sites excluding steroid dienone is 1. The van der Waals surface area contributed by atoms with Crippen LogP contribution in [0, 0.1) is 5.92 Å². The van der Waals surface area contributed by atoms with Crippen LogP contribution in [0.3, 0.4) is 0 Å². The molecule has 1 saturated carbocycles. The van der Waals surface area contributed by atoms with Crippen molar-refractivity contribution in [2.45, 2.75) is 25.7 Å². The Morgan fingerprint density at radius 1 is 1.42 bits per heavy atom. The second kappa shape index (κ2) is 4.04. The molecule has 12 heavy (non-hydrogen) atoms. The molecule has 3 heteroatoms. The first-order chi connectivity index (χ1) is 5.74. The van der Waals surface area contributed by atoms with Gasteiger partial charge < -0.3 is 4.74 Å². The summed E-state index contributed by atoms with van der Waals surface area (Å²) in [5.41, 5.74) is 0. The lowest BCUT2D eigenvalue weighted by Gasteiger charge is -2.06. The van der Waals surface area contributed by atoms with Crippen molar-refractivity contribution in [3.05, 3.63) is 12.3 Å². The maximum Gasteiger partial charge on any atom is 0.314 e. The van der Waals surface area contributed by atoms with Gasteiger partial charge in [-0.3, -0.25) is 9.59 Å². The van der Waals surface area contributed by atoms with Crippen LogP contribution in [-0.4, -0.2) is 12.3 Å². The summed E-state index contributed by atoms with van der Waals surface area (Å²) in [7, 11) is 0. The molecule has 0 aliphatic heterocycles. The van der Waals surface area contributed by atoms with Crippen LogP contribution in [-0.2, 0) is 14.3 Å². The van der Waals surface area contributed by atoms with E-state index >= 15 is 0 Å². The van der Waals surface area contributed by atoms with Crippen molar-refractivity contribution in [2.75, 3.05) is 0 Å². The summed E-state index contributed by atoms with van der Waals surface area (Å²) in [4.78, 5) is 21.3. The molecule has 1 fully saturated rings. The molecule has 0 amide bonds. The molecule has 1 aliphatic rings. The predicted octanol–water partition coefficient (Wildman–Crippen LogP) is 1.43. The third kappa shape index (κ3) is 2.19. The van der Waals surface area contributed by atoms with Gasteiger partial charge in [0.15, 0.2) is 12.0 Å². The van der Waals surface area contributed by atoms with Gasteiger partial charge in [-0.1, -0.05) is 19.4 Å². The molecule has 1 aliphatic carbocycles. The lowest BCUT2D eigenvalue weighted by atomic mass is 10.1. The van der Waals surface area contributed by atoms with Crippen molar-refractivity contribution in [1.29, 1.82) is 0 Å². The molecule has 3 nitrogen and oxygen atoms in total. The molecule has 0 N–H and O–H groups in total. The molecule has 0 aromatic carbocycles. The van der Waals surface area contributed by atoms with Crippen molar-refractivity contribution < 1.29 is 14.3 Å². The summed E-state index contributed by atoms with van der Waals surface area (Å²) in [6.45, 7) is 3.27. The maximum atomic E-state index is 11.2. The van der Waals surface area contributed by atoms with Crippen LogP contribution < -0.4 is 0 Å². The number of carbonyl (C=O) groups excluding carboxylic acids is 2. The number of hydrogen-bond acceptors (Lipinski definition) is 3. The van der Waals surface area contributed by atoms with Gasteiger partial charge in [0.25, 0.3) is 0 Å². The largest absolute Gasteiger partial charge is 0.423 e. The summed E-state index contributed by atoms with van der Waals surface area (Å²) in [6.07, 6.45) is 4.36. The Morgan fingerprint density at radius 3 is 2.50 bits per heavy atom. The van der Waals surface area contributed by atoms with Gasteiger partial charge in [0, 0.05) is 0 Å². The average molecular weight is 168 g/mol. The topological polar surface area (TPSA) is 43.4 Å². The summed E-state index contributed by atoms with van der Waals surface area (Å²) < 4.78 is 4.68. The number of esters is 1. The van der Waals surface area contributed by atoms with E-state index in [-0.39, 0.29) is 17.6 Å². The van der Waals surface area contributed by atoms with Gasteiger partial charge in [-0.15, -0.1) is 0 Å². The minimum atomic E-state index is -0.301. The molecule has 0 bridgehead atoms. The van der Waals surface area contributed by atoms with Crippen molar-refractivity contribution >= 4 is 12.3 Å². The third-order valence-electron chi connectivity index (χ3n) is 2.05. The van der Waals surface area contributed by atoms with E-state index < -0.39 is 0 Å². The number of aldehydes is 1. The highest BCUT2D eigenvalue weighted by Crippen LogP contribution is 2.26. The van der Waals surface area contributed by atoms with E-state index in [1.54, 1.807) is 0 Å². The van der Waals surface area contributed by atoms with Gasteiger partial charge >= 0.3 is 5.97 Å². The highest BCUT2D eigenvalue weighted by molar-refractivity contribution is 5.80. The van der Waals surface area contributed by atoms with Crippen LogP contribution in [0.25, 0.3) is 0 Å². The van der Waals surface area contributed by atoms with Crippen LogP contribution in [0.4, 0.5) is 0 Å². The molecule has 66 valence electrons. The van der Waals surface area contributed by atoms with E-state index in [0.29, 0.717) is 6.29 Å². The molecule has 0 heterocycles. The molecule has 1 rings (SSSR count). The maximum absolute atomic E-state index is 11.2. The zero-order valence-electron chi connectivity index (χ0n) is 6.91. The quantitative estimate of drug-likeness (QED) is 0.277. The van der Waals surface area contributed by atoms with E-state index in [4.69, 9.17) is 0 Å². The van der Waals surface area contributed by atoms with E-state index in [1.165, 1.54) is 0 Å². The Morgan fingerprint density at radius 2 is 2.00 bits per heavy atom. The average Bonchev–Trinajstić information content (AvgIpc) is 2.56. The normalized spacial score (nSPS) is 17.3. The predicted molar refractivity (Wildman–Crippen MR) is 43.3 cm³/mol. The molecule has 0 spiro atoms. The molecule has 0 unspecified atom stereocenters. The van der Waals surface area contributed by atoms with Crippen LogP contribution in [0.1, 0.15) is 25.7 Å². The van der Waals surface area contributed by atoms with Crippen molar-refractivity contribution in [1.82, 2.24) is 0 Å². The zero-order chi connectivity index (χ0) is 8.97. The van der Waals surface area contributed by atoms with Crippen molar-refractivity contribution in [3.8, 4) is 0 Å². The zero-order valence-corrected chi connectivity index (χ0v) is 6.91. The molecular formula is C9H12O3. The Hall–Kier alpha value is -1.12. The van der Waals surface area contributed by atoms with Gasteiger partial charge in [-0.25, -0.2) is 0 Å². The molecule has 0 aromatic heterocycles. The second-order valence-electron chi connectivity index (χ2n) is 2.99. The van der Waals surface area contributed by atoms with Crippen molar-refractivity contribution in [2.24, 2.45) is 5.92 Å². The fraction of sp³-hybridized carbons (Fsp3) is 0.556. The summed E-state index contributed by atoms with van der Waals surface area (Å²) in [5, 5.41) is 0. The minimum Gasteiger partial charge on any atom is -0.423 e. The van der Waals surface area contributed by atoms with Crippen LogP contribution in [0.15, 0.2) is 12.3 Å². The standard InChI is InChI=1S/C9H12O3/c1-7(6-10)12-9(11)8-4-2-3-5-8/h6,8H,1-5H2. The molecule has 0 saturated heterocycles. The molecule has 0 atom stereocenters. The van der Waals surface area contributed by atoms with Gasteiger partial charge in [-0.05, 0) is 12.8 Å². The fourth-order valence-electron chi connectivity index (χ4n) is 1.40. The van der Waals surface area contributed by atoms with Crippen LogP contribution in [0.5, 0.6) is 0 Å². The highest BCUT2D eigenvalue weighted by Gasteiger charge is 2.24. The fourth-order valence-corrected chi connectivity index (χ4v) is 1.40. The summed E-state index contributed by atoms with van der Waals surface area (Å²) >= 11 is 0. The van der Waals surface area contributed by atoms with Crippen molar-refractivity contribution in [3.63, 3.8) is 0 Å². The first kappa shape index (κ1) is 8.97. The molecule has 0 aromatic rings. The Kier molecular flexibility index (Phi) is 3.02. The van der Waals surface area contributed by atoms with E-state index in [1.807, 2.05) is 0 Å². The summed E-state index contributed by atoms with van der Waals surface area (Å²) in [6, 6.07) is 0. The Bertz CT molecular complexity index is 202. The number of rotatable bonds is 3. The first-order valence-electron chi connectivity index (χ1n) is 4.10. The third-order valence-corrected chi connectivity index (χ3v) is 2.05. The highest BCUT2D eigenvalue weighted by atomic mass is 16.5. The van der Waals surface area contributed by atoms with Crippen LogP contribution >= 0.6 is 0 Å². The second-order valence-corrected chi connectivity index (χ2v) is 2.99. The minimum absolute atomic E-state index is 0.0123. The van der Waals surface area contributed by atoms with Gasteiger partial charge in [0.2, 0.25) is 0 Å². The number of hydrogen-bond donors (Lipinski definition) is 0. The molecular weight excluding hydrogens is 156 g/mol. The van der Waals surface area contributed by atoms with Gasteiger partial charge in [0.1, 0.15) is 0 Å². The summed E-state index contributed by atoms with van der Waals surface area (Å²) in [5.74, 6) is -0.404. The Balaban J connectivity index is 2.36. The smallest absolute Gasteiger partial charge is 0.314 e. The lowest BCUT2D eigenvalue weighted by molar-refractivity contribution is -0.145. The van der Waals surface area contributed by atoms with Gasteiger partial charge in [-0.2, -0.15) is 0 Å². The number of carbonyl (C=O) groups is 2. The van der Waals surface area contributed by atoms with E-state index in [0.717, 1.165) is 25.7 Å².